The lowest BCUT2D eigenvalue weighted by molar-refractivity contribution is -0.120. The summed E-state index contributed by atoms with van der Waals surface area (Å²) in [5.74, 6) is 0.820. The molecule has 1 aliphatic rings. The SMILES string of the molecule is CC(NCC(=O)NCC1CC1)c1cccc(Br)c1. The summed E-state index contributed by atoms with van der Waals surface area (Å²) in [6.07, 6.45) is 2.53. The van der Waals surface area contributed by atoms with E-state index in [-0.39, 0.29) is 11.9 Å². The Morgan fingerprint density at radius 1 is 1.50 bits per heavy atom. The number of hydrogen-bond donors (Lipinski definition) is 2. The van der Waals surface area contributed by atoms with Gasteiger partial charge in [0.1, 0.15) is 0 Å². The summed E-state index contributed by atoms with van der Waals surface area (Å²) < 4.78 is 1.06. The molecule has 1 aliphatic carbocycles. The van der Waals surface area contributed by atoms with Gasteiger partial charge in [-0.2, -0.15) is 0 Å². The van der Waals surface area contributed by atoms with Crippen molar-refractivity contribution in [3.63, 3.8) is 0 Å². The Kier molecular flexibility index (Phi) is 4.78. The predicted octanol–water partition coefficient (Wildman–Crippen LogP) is 2.63. The van der Waals surface area contributed by atoms with Crippen molar-refractivity contribution >= 4 is 21.8 Å². The van der Waals surface area contributed by atoms with E-state index < -0.39 is 0 Å². The van der Waals surface area contributed by atoms with Crippen LogP contribution < -0.4 is 10.6 Å². The summed E-state index contributed by atoms with van der Waals surface area (Å²) in [5, 5.41) is 6.19. The van der Waals surface area contributed by atoms with Gasteiger partial charge in [-0.1, -0.05) is 28.1 Å². The van der Waals surface area contributed by atoms with Gasteiger partial charge in [0, 0.05) is 17.1 Å². The van der Waals surface area contributed by atoms with Crippen molar-refractivity contribution in [1.29, 1.82) is 0 Å². The minimum Gasteiger partial charge on any atom is -0.355 e. The highest BCUT2D eigenvalue weighted by Crippen LogP contribution is 2.27. The number of rotatable bonds is 6. The van der Waals surface area contributed by atoms with Crippen LogP contribution in [0.5, 0.6) is 0 Å². The molecule has 1 unspecified atom stereocenters. The summed E-state index contributed by atoms with van der Waals surface area (Å²) in [6, 6.07) is 8.31. The van der Waals surface area contributed by atoms with Crippen LogP contribution in [-0.4, -0.2) is 19.0 Å². The first kappa shape index (κ1) is 13.6. The summed E-state index contributed by atoms with van der Waals surface area (Å²) in [7, 11) is 0. The highest BCUT2D eigenvalue weighted by atomic mass is 79.9. The first-order valence-electron chi connectivity index (χ1n) is 6.40. The number of nitrogens with one attached hydrogen (secondary N) is 2. The molecule has 1 aromatic carbocycles. The maximum atomic E-state index is 11.6. The summed E-state index contributed by atoms with van der Waals surface area (Å²) >= 11 is 3.45. The second-order valence-electron chi connectivity index (χ2n) is 4.91. The van der Waals surface area contributed by atoms with Gasteiger partial charge in [0.05, 0.1) is 6.54 Å². The first-order valence-corrected chi connectivity index (χ1v) is 7.20. The van der Waals surface area contributed by atoms with Gasteiger partial charge in [-0.3, -0.25) is 4.79 Å². The number of carbonyl (C=O) groups is 1. The lowest BCUT2D eigenvalue weighted by atomic mass is 10.1. The molecule has 0 heterocycles. The third-order valence-electron chi connectivity index (χ3n) is 3.20. The Bertz CT molecular complexity index is 418. The maximum Gasteiger partial charge on any atom is 0.233 e. The van der Waals surface area contributed by atoms with E-state index in [1.807, 2.05) is 12.1 Å². The van der Waals surface area contributed by atoms with Gasteiger partial charge in [0.25, 0.3) is 0 Å². The largest absolute Gasteiger partial charge is 0.355 e. The van der Waals surface area contributed by atoms with Gasteiger partial charge in [0.2, 0.25) is 5.91 Å². The fourth-order valence-corrected chi connectivity index (χ4v) is 2.20. The average Bonchev–Trinajstić information content (AvgIpc) is 3.17. The van der Waals surface area contributed by atoms with E-state index in [0.717, 1.165) is 16.9 Å². The molecule has 1 fully saturated rings. The molecular formula is C14H19BrN2O. The van der Waals surface area contributed by atoms with E-state index in [0.29, 0.717) is 6.54 Å². The number of amides is 1. The zero-order chi connectivity index (χ0) is 13.0. The lowest BCUT2D eigenvalue weighted by Gasteiger charge is -2.14. The van der Waals surface area contributed by atoms with Crippen molar-refractivity contribution in [2.75, 3.05) is 13.1 Å². The molecule has 4 heteroatoms. The average molecular weight is 311 g/mol. The van der Waals surface area contributed by atoms with Crippen LogP contribution in [0.4, 0.5) is 0 Å². The molecule has 1 aromatic rings. The van der Waals surface area contributed by atoms with Crippen LogP contribution >= 0.6 is 15.9 Å². The van der Waals surface area contributed by atoms with Crippen molar-refractivity contribution in [2.45, 2.75) is 25.8 Å². The molecule has 98 valence electrons. The third-order valence-corrected chi connectivity index (χ3v) is 3.70. The van der Waals surface area contributed by atoms with E-state index >= 15 is 0 Å². The van der Waals surface area contributed by atoms with Crippen LogP contribution in [0.15, 0.2) is 28.7 Å². The molecular weight excluding hydrogens is 292 g/mol. The minimum atomic E-state index is 0.0868. The summed E-state index contributed by atoms with van der Waals surface area (Å²) in [6.45, 7) is 3.28. The molecule has 0 bridgehead atoms. The quantitative estimate of drug-likeness (QED) is 0.848. The van der Waals surface area contributed by atoms with E-state index in [9.17, 15) is 4.79 Å². The zero-order valence-electron chi connectivity index (χ0n) is 10.6. The Balaban J connectivity index is 1.73. The second-order valence-corrected chi connectivity index (χ2v) is 5.82. The topological polar surface area (TPSA) is 41.1 Å². The zero-order valence-corrected chi connectivity index (χ0v) is 12.2. The molecule has 0 saturated heterocycles. The van der Waals surface area contributed by atoms with E-state index in [4.69, 9.17) is 0 Å². The van der Waals surface area contributed by atoms with Gasteiger partial charge in [-0.05, 0) is 43.4 Å². The number of halogens is 1. The van der Waals surface area contributed by atoms with Gasteiger partial charge in [0.15, 0.2) is 0 Å². The molecule has 1 saturated carbocycles. The number of benzene rings is 1. The molecule has 0 aromatic heterocycles. The number of hydrogen-bond acceptors (Lipinski definition) is 2. The van der Waals surface area contributed by atoms with Crippen LogP contribution in [0.2, 0.25) is 0 Å². The Hall–Kier alpha value is -0.870. The number of carbonyl (C=O) groups excluding carboxylic acids is 1. The summed E-state index contributed by atoms with van der Waals surface area (Å²) in [5.41, 5.74) is 1.18. The van der Waals surface area contributed by atoms with Gasteiger partial charge in [-0.25, -0.2) is 0 Å². The van der Waals surface area contributed by atoms with Crippen LogP contribution in [0, 0.1) is 5.92 Å². The first-order chi connectivity index (χ1) is 8.65. The van der Waals surface area contributed by atoms with Gasteiger partial charge < -0.3 is 10.6 Å². The van der Waals surface area contributed by atoms with Gasteiger partial charge in [-0.15, -0.1) is 0 Å². The normalized spacial score (nSPS) is 16.3. The van der Waals surface area contributed by atoms with Crippen molar-refractivity contribution in [1.82, 2.24) is 10.6 Å². The molecule has 0 radical (unpaired) electrons. The van der Waals surface area contributed by atoms with Crippen molar-refractivity contribution in [2.24, 2.45) is 5.92 Å². The monoisotopic (exact) mass is 310 g/mol. The second kappa shape index (κ2) is 6.34. The van der Waals surface area contributed by atoms with Crippen LogP contribution in [0.3, 0.4) is 0 Å². The van der Waals surface area contributed by atoms with Crippen molar-refractivity contribution in [3.05, 3.63) is 34.3 Å². The Morgan fingerprint density at radius 3 is 2.94 bits per heavy atom. The lowest BCUT2D eigenvalue weighted by Crippen LogP contribution is -2.36. The van der Waals surface area contributed by atoms with E-state index in [1.54, 1.807) is 0 Å². The molecule has 1 atom stereocenters. The molecule has 3 nitrogen and oxygen atoms in total. The molecule has 2 rings (SSSR count). The van der Waals surface area contributed by atoms with Crippen molar-refractivity contribution < 1.29 is 4.79 Å². The van der Waals surface area contributed by atoms with Crippen molar-refractivity contribution in [3.8, 4) is 0 Å². The Morgan fingerprint density at radius 2 is 2.28 bits per heavy atom. The molecule has 0 spiro atoms. The van der Waals surface area contributed by atoms with Crippen LogP contribution in [0.25, 0.3) is 0 Å². The highest BCUT2D eigenvalue weighted by Gasteiger charge is 2.21. The smallest absolute Gasteiger partial charge is 0.233 e. The molecule has 18 heavy (non-hydrogen) atoms. The fraction of sp³-hybridized carbons (Fsp3) is 0.500. The highest BCUT2D eigenvalue weighted by molar-refractivity contribution is 9.10. The summed E-state index contributed by atoms with van der Waals surface area (Å²) in [4.78, 5) is 11.6. The van der Waals surface area contributed by atoms with E-state index in [1.165, 1.54) is 18.4 Å². The standard InChI is InChI=1S/C14H19BrN2O/c1-10(12-3-2-4-13(15)7-12)16-9-14(18)17-8-11-5-6-11/h2-4,7,10-11,16H,5-6,8-9H2,1H3,(H,17,18). The van der Waals surface area contributed by atoms with E-state index in [2.05, 4.69) is 45.6 Å². The third kappa shape index (κ3) is 4.42. The minimum absolute atomic E-state index is 0.0868. The molecule has 0 aliphatic heterocycles. The van der Waals surface area contributed by atoms with Crippen LogP contribution in [-0.2, 0) is 4.79 Å². The fourth-order valence-electron chi connectivity index (χ4n) is 1.78. The van der Waals surface area contributed by atoms with Crippen LogP contribution in [0.1, 0.15) is 31.4 Å². The predicted molar refractivity (Wildman–Crippen MR) is 76.3 cm³/mol. The molecule has 1 amide bonds. The van der Waals surface area contributed by atoms with Gasteiger partial charge >= 0.3 is 0 Å². The molecule has 2 N–H and O–H groups in total. The maximum absolute atomic E-state index is 11.6. The Labute approximate surface area is 116 Å².